The van der Waals surface area contributed by atoms with E-state index in [0.29, 0.717) is 0 Å². The van der Waals surface area contributed by atoms with Crippen LogP contribution in [-0.2, 0) is 4.79 Å². The van der Waals surface area contributed by atoms with Gasteiger partial charge in [0.1, 0.15) is 0 Å². The van der Waals surface area contributed by atoms with E-state index in [1.807, 2.05) is 13.8 Å². The second-order valence-corrected chi connectivity index (χ2v) is 5.44. The molecule has 0 aromatic rings. The van der Waals surface area contributed by atoms with Crippen molar-refractivity contribution < 1.29 is 20.1 Å². The summed E-state index contributed by atoms with van der Waals surface area (Å²) < 4.78 is 0. The summed E-state index contributed by atoms with van der Waals surface area (Å²) in [5.74, 6) is -2.86. The molecule has 0 aromatic carbocycles. The molecule has 0 radical (unpaired) electrons. The highest BCUT2D eigenvalue weighted by Gasteiger charge is 2.50. The van der Waals surface area contributed by atoms with Crippen molar-refractivity contribution in [2.75, 3.05) is 0 Å². The number of nitrogens with zero attached hydrogens (tertiary/aromatic N) is 1. The van der Waals surface area contributed by atoms with Crippen LogP contribution in [0.15, 0.2) is 4.99 Å². The lowest BCUT2D eigenvalue weighted by atomic mass is 9.83. The summed E-state index contributed by atoms with van der Waals surface area (Å²) in [7, 11) is 0. The molecule has 116 valence electrons. The molecule has 7 heteroatoms. The topological polar surface area (TPSA) is 142 Å². The normalized spacial score (nSPS) is 31.2. The Balaban J connectivity index is 3.03. The molecule has 5 atom stereocenters. The lowest BCUT2D eigenvalue weighted by molar-refractivity contribution is -0.145. The lowest BCUT2D eigenvalue weighted by Gasteiger charge is -2.30. The molecule has 0 bridgehead atoms. The molecule has 0 spiro atoms. The number of carboxylic acids is 1. The zero-order chi connectivity index (χ0) is 15.4. The molecule has 1 unspecified atom stereocenters. The Hall–Kier alpha value is -1.34. The van der Waals surface area contributed by atoms with Crippen molar-refractivity contribution in [3.05, 3.63) is 0 Å². The Morgan fingerprint density at radius 2 is 1.90 bits per heavy atom. The molecule has 0 aliphatic heterocycles. The summed E-state index contributed by atoms with van der Waals surface area (Å²) in [6.07, 6.45) is -0.343. The van der Waals surface area contributed by atoms with E-state index in [9.17, 15) is 15.0 Å². The molecule has 7 N–H and O–H groups in total. The fourth-order valence-corrected chi connectivity index (χ4v) is 3.15. The highest BCUT2D eigenvalue weighted by molar-refractivity contribution is 5.76. The van der Waals surface area contributed by atoms with Crippen molar-refractivity contribution in [1.29, 1.82) is 0 Å². The Morgan fingerprint density at radius 3 is 2.30 bits per heavy atom. The van der Waals surface area contributed by atoms with Crippen LogP contribution in [0.5, 0.6) is 0 Å². The van der Waals surface area contributed by atoms with Gasteiger partial charge in [0.25, 0.3) is 0 Å². The first kappa shape index (κ1) is 16.7. The Morgan fingerprint density at radius 1 is 1.35 bits per heavy atom. The summed E-state index contributed by atoms with van der Waals surface area (Å²) in [5.41, 5.74) is 10.7. The summed E-state index contributed by atoms with van der Waals surface area (Å²) >= 11 is 0. The second-order valence-electron chi connectivity index (χ2n) is 5.44. The number of aliphatic carboxylic acids is 1. The first-order valence-electron chi connectivity index (χ1n) is 7.01. The number of hydrogen-bond donors (Lipinski definition) is 5. The maximum atomic E-state index is 11.2. The number of aliphatic imine (C=N–C) groups is 1. The van der Waals surface area contributed by atoms with Gasteiger partial charge >= 0.3 is 5.97 Å². The van der Waals surface area contributed by atoms with Crippen molar-refractivity contribution in [2.24, 2.45) is 34.2 Å². The van der Waals surface area contributed by atoms with E-state index >= 15 is 0 Å². The maximum absolute atomic E-state index is 11.2. The van der Waals surface area contributed by atoms with Crippen LogP contribution >= 0.6 is 0 Å². The van der Waals surface area contributed by atoms with Gasteiger partial charge in [-0.1, -0.05) is 26.7 Å². The fraction of sp³-hybridized carbons (Fsp3) is 0.846. The number of aliphatic hydroxyl groups is 2. The van der Waals surface area contributed by atoms with E-state index in [1.54, 1.807) is 0 Å². The van der Waals surface area contributed by atoms with Gasteiger partial charge in [-0.05, 0) is 12.3 Å². The zero-order valence-electron chi connectivity index (χ0n) is 11.9. The van der Waals surface area contributed by atoms with Crippen molar-refractivity contribution in [3.8, 4) is 0 Å². The first-order valence-corrected chi connectivity index (χ1v) is 7.01. The number of rotatable bonds is 6. The highest BCUT2D eigenvalue weighted by atomic mass is 16.4. The average molecular weight is 287 g/mol. The molecule has 0 saturated heterocycles. The van der Waals surface area contributed by atoms with Crippen LogP contribution in [0, 0.1) is 17.8 Å². The van der Waals surface area contributed by atoms with Crippen molar-refractivity contribution in [2.45, 2.75) is 51.4 Å². The molecular formula is C13H25N3O4. The highest BCUT2D eigenvalue weighted by Crippen LogP contribution is 2.39. The van der Waals surface area contributed by atoms with Crippen LogP contribution in [0.2, 0.25) is 0 Å². The number of aliphatic hydroxyl groups excluding tert-OH is 2. The zero-order valence-corrected chi connectivity index (χ0v) is 11.9. The third-order valence-corrected chi connectivity index (χ3v) is 4.30. The Bertz CT molecular complexity index is 367. The third kappa shape index (κ3) is 3.40. The van der Waals surface area contributed by atoms with E-state index in [1.165, 1.54) is 0 Å². The molecule has 1 saturated carbocycles. The predicted octanol–water partition coefficient (Wildman–Crippen LogP) is -0.493. The number of guanidine groups is 1. The van der Waals surface area contributed by atoms with Crippen molar-refractivity contribution in [3.63, 3.8) is 0 Å². The van der Waals surface area contributed by atoms with Crippen LogP contribution in [0.25, 0.3) is 0 Å². The SMILES string of the molecule is CCC(CC)C(O)[C@@H]1[C@H](O)[C@@H](C(=O)O)C[C@H]1N=C(N)N. The van der Waals surface area contributed by atoms with Gasteiger partial charge in [-0.3, -0.25) is 4.79 Å². The third-order valence-electron chi connectivity index (χ3n) is 4.30. The summed E-state index contributed by atoms with van der Waals surface area (Å²) in [6.45, 7) is 3.89. The van der Waals surface area contributed by atoms with Gasteiger partial charge in [0.2, 0.25) is 0 Å². The minimum atomic E-state index is -1.14. The lowest BCUT2D eigenvalue weighted by Crippen LogP contribution is -2.41. The molecule has 1 fully saturated rings. The number of carboxylic acid groups (broad SMARTS) is 1. The van der Waals surface area contributed by atoms with Gasteiger partial charge < -0.3 is 26.8 Å². The van der Waals surface area contributed by atoms with Crippen molar-refractivity contribution in [1.82, 2.24) is 0 Å². The van der Waals surface area contributed by atoms with Crippen LogP contribution in [0.1, 0.15) is 33.1 Å². The first-order chi connectivity index (χ1) is 9.33. The van der Waals surface area contributed by atoms with Crippen molar-refractivity contribution >= 4 is 11.9 Å². The molecular weight excluding hydrogens is 262 g/mol. The molecule has 0 aromatic heterocycles. The van der Waals surface area contributed by atoms with E-state index in [4.69, 9.17) is 16.6 Å². The summed E-state index contributed by atoms with van der Waals surface area (Å²) in [5, 5.41) is 29.8. The van der Waals surface area contributed by atoms with E-state index in [2.05, 4.69) is 4.99 Å². The van der Waals surface area contributed by atoms with Crippen LogP contribution in [-0.4, -0.2) is 45.5 Å². The van der Waals surface area contributed by atoms with Crippen LogP contribution < -0.4 is 11.5 Å². The Labute approximate surface area is 118 Å². The average Bonchev–Trinajstić information content (AvgIpc) is 2.66. The van der Waals surface area contributed by atoms with E-state index in [0.717, 1.165) is 12.8 Å². The van der Waals surface area contributed by atoms with Crippen LogP contribution in [0.3, 0.4) is 0 Å². The van der Waals surface area contributed by atoms with Gasteiger partial charge in [-0.25, -0.2) is 4.99 Å². The monoisotopic (exact) mass is 287 g/mol. The largest absolute Gasteiger partial charge is 0.481 e. The van der Waals surface area contributed by atoms with Gasteiger partial charge in [0, 0.05) is 5.92 Å². The summed E-state index contributed by atoms with van der Waals surface area (Å²) in [4.78, 5) is 15.2. The Kier molecular flexibility index (Phi) is 5.76. The second kappa shape index (κ2) is 6.90. The smallest absolute Gasteiger partial charge is 0.309 e. The van der Waals surface area contributed by atoms with Gasteiger partial charge in [0.05, 0.1) is 24.2 Å². The quantitative estimate of drug-likeness (QED) is 0.329. The standard InChI is InChI=1S/C13H25N3O4/c1-3-6(4-2)10(17)9-8(16-13(14)15)5-7(11(9)18)12(19)20/h6-11,17-18H,3-5H2,1-2H3,(H,19,20)(H4,14,15,16)/t7-,8+,9+,10?,11+/m0/s1. The molecule has 7 nitrogen and oxygen atoms in total. The predicted molar refractivity (Wildman–Crippen MR) is 74.9 cm³/mol. The maximum Gasteiger partial charge on any atom is 0.309 e. The molecule has 1 rings (SSSR count). The molecule has 1 aliphatic rings. The van der Waals surface area contributed by atoms with Gasteiger partial charge in [-0.2, -0.15) is 0 Å². The number of nitrogens with two attached hydrogens (primary N) is 2. The summed E-state index contributed by atoms with van der Waals surface area (Å²) in [6, 6.07) is -0.563. The van der Waals surface area contributed by atoms with Crippen LogP contribution in [0.4, 0.5) is 0 Å². The van der Waals surface area contributed by atoms with E-state index < -0.39 is 36.1 Å². The minimum Gasteiger partial charge on any atom is -0.481 e. The molecule has 0 amide bonds. The fourth-order valence-electron chi connectivity index (χ4n) is 3.15. The number of carbonyl (C=O) groups is 1. The van der Waals surface area contributed by atoms with E-state index in [-0.39, 0.29) is 18.3 Å². The van der Waals surface area contributed by atoms with Gasteiger partial charge in [-0.15, -0.1) is 0 Å². The molecule has 1 aliphatic carbocycles. The van der Waals surface area contributed by atoms with Gasteiger partial charge in [0.15, 0.2) is 5.96 Å². The molecule has 0 heterocycles. The molecule has 20 heavy (non-hydrogen) atoms. The number of hydrogen-bond acceptors (Lipinski definition) is 4. The minimum absolute atomic E-state index is 0.0149.